The van der Waals surface area contributed by atoms with Gasteiger partial charge in [-0.15, -0.1) is 0 Å². The molecule has 0 saturated heterocycles. The van der Waals surface area contributed by atoms with Gasteiger partial charge in [0.2, 0.25) is 0 Å². The van der Waals surface area contributed by atoms with E-state index < -0.39 is 61.6 Å². The molecule has 0 bridgehead atoms. The molecule has 560 valence electrons. The van der Waals surface area contributed by atoms with Crippen molar-refractivity contribution >= 4 is 61.6 Å². The Morgan fingerprint density at radius 3 is 0.560 bits per heavy atom. The maximum absolute atomic E-state index is 8.67. The Hall–Kier alpha value is 0.678. The van der Waals surface area contributed by atoms with Gasteiger partial charge in [-0.05, 0) is 80.1 Å². The Balaban J connectivity index is -0.000000184. The van der Waals surface area contributed by atoms with Gasteiger partial charge in [0.25, 0.3) is 0 Å². The van der Waals surface area contributed by atoms with Crippen LogP contribution in [-0.4, -0.2) is 187 Å². The van der Waals surface area contributed by atoms with Crippen LogP contribution in [0.2, 0.25) is 42.3 Å². The van der Waals surface area contributed by atoms with E-state index in [1.807, 2.05) is 41.5 Å². The van der Waals surface area contributed by atoms with Gasteiger partial charge in [0.05, 0.1) is 0 Å². The molecule has 0 aliphatic rings. The molecule has 0 spiro atoms. The summed E-state index contributed by atoms with van der Waals surface area (Å²) in [5, 5.41) is 0. The van der Waals surface area contributed by atoms with Gasteiger partial charge in [0.15, 0.2) is 0 Å². The zero-order chi connectivity index (χ0) is 71.1. The molecule has 91 heavy (non-hydrogen) atoms. The first kappa shape index (κ1) is 105. The second-order valence-electron chi connectivity index (χ2n) is 22.6. The van der Waals surface area contributed by atoms with E-state index in [1.165, 1.54) is 122 Å². The standard InChI is InChI=1S/C14H32O3Si.C12H28O3Si.C11H26O3Si.C9H22O3Si.C8H20O3Si.C6H16O3Si.C3H10O3Si/c1-5-9-10-11-12-13-14-18(15-6-2,16-7-3)17-8-4;1-5-7-8-9-10-11-12-16(13-3,14-4)15-6-2;1-5-8-9-10-11-15(12-4,13-6-2)14-7-3;1-5-6-7-8-9-13(10-2,11-3)12-4;1-2-3-4-5-6-7-8-12(9,10)11;1-2-3-4-5-6-10(7,8)9;1-2-3-7(4,5)6/h5-14H2,1-4H3;5-12H2,1-4H3;5-11H2,1-4H3;5-9H2,1-4H3;9-11H,2-8H2,1H3;7-9H,2-6H2,1H3;4-6H,2-3H2,1H3. The van der Waals surface area contributed by atoms with Gasteiger partial charge >= 0.3 is 61.6 Å². The van der Waals surface area contributed by atoms with E-state index in [0.717, 1.165) is 94.8 Å². The second-order valence-corrected chi connectivity index (χ2v) is 40.4. The Morgan fingerprint density at radius 1 is 0.176 bits per heavy atom. The smallest absolute Gasteiger partial charge is 0.390 e. The molecule has 0 radical (unpaired) electrons. The Morgan fingerprint density at radius 2 is 0.352 bits per heavy atom. The normalized spacial score (nSPS) is 12.0. The summed E-state index contributed by atoms with van der Waals surface area (Å²) in [5.74, 6) is 0. The van der Waals surface area contributed by atoms with Crippen LogP contribution < -0.4 is 0 Å². The van der Waals surface area contributed by atoms with Crippen molar-refractivity contribution in [1.29, 1.82) is 0 Å². The van der Waals surface area contributed by atoms with Crippen molar-refractivity contribution in [2.24, 2.45) is 0 Å². The molecule has 0 aromatic carbocycles. The lowest BCUT2D eigenvalue weighted by Crippen LogP contribution is -2.45. The van der Waals surface area contributed by atoms with Gasteiger partial charge in [0, 0.05) is 125 Å². The highest BCUT2D eigenvalue weighted by atomic mass is 28.4. The Kier molecular flexibility index (Phi) is 86.5. The summed E-state index contributed by atoms with van der Waals surface area (Å²) in [4.78, 5) is 76.5. The van der Waals surface area contributed by atoms with Gasteiger partial charge in [0.1, 0.15) is 0 Å². The topological polar surface area (TPSA) is 293 Å². The van der Waals surface area contributed by atoms with Crippen molar-refractivity contribution in [1.82, 2.24) is 0 Å². The van der Waals surface area contributed by atoms with Crippen molar-refractivity contribution in [2.45, 2.75) is 331 Å². The lowest BCUT2D eigenvalue weighted by Gasteiger charge is -2.28. The molecule has 0 atom stereocenters. The molecule has 0 aliphatic carbocycles. The van der Waals surface area contributed by atoms with Crippen LogP contribution in [0.5, 0.6) is 0 Å². The predicted octanol–water partition coefficient (Wildman–Crippen LogP) is 14.7. The fraction of sp³-hybridized carbons (Fsp3) is 1.00. The second kappa shape index (κ2) is 74.9. The largest absolute Gasteiger partial charge is 0.500 e. The molecule has 0 amide bonds. The van der Waals surface area contributed by atoms with E-state index in [4.69, 9.17) is 96.3 Å². The minimum absolute atomic E-state index is 0.146. The third-order valence-corrected chi connectivity index (χ3v) is 29.4. The summed E-state index contributed by atoms with van der Waals surface area (Å²) in [6.45, 7) is 31.0. The van der Waals surface area contributed by atoms with E-state index in [9.17, 15) is 0 Å². The molecule has 21 nitrogen and oxygen atoms in total. The van der Waals surface area contributed by atoms with Crippen LogP contribution in [0.3, 0.4) is 0 Å². The SMILES string of the molecule is CCCCCCCC[Si](O)(O)O.CCCCCCCC[Si](OC)(OC)OCC.CCCCCCCC[Si](OCC)(OCC)OCC.CCCCCC[Si](O)(O)O.CCCCCC[Si](OC)(OC)OC.CCCCCC[Si](OC)(OCC)OCC.CCC[Si](O)(O)O. The average molecular weight is 1440 g/mol. The summed E-state index contributed by atoms with van der Waals surface area (Å²) < 4.78 is 66.9. The van der Waals surface area contributed by atoms with Crippen LogP contribution in [0.25, 0.3) is 0 Å². The number of hydrogen-bond acceptors (Lipinski definition) is 21. The summed E-state index contributed by atoms with van der Waals surface area (Å²) in [6.07, 6.45) is 36.4. The minimum Gasteiger partial charge on any atom is -0.390 e. The molecule has 28 heteroatoms. The number of unbranched alkanes of at least 4 members (excludes halogenated alkanes) is 24. The van der Waals surface area contributed by atoms with Gasteiger partial charge in [-0.1, -0.05) is 209 Å². The third-order valence-electron chi connectivity index (χ3n) is 14.2. The molecule has 0 unspecified atom stereocenters. The number of hydrogen-bond donors (Lipinski definition) is 9. The minimum atomic E-state index is -3.73. The first-order valence-corrected chi connectivity index (χ1v) is 49.7. The Labute approximate surface area is 568 Å². The van der Waals surface area contributed by atoms with Crippen LogP contribution in [0.1, 0.15) is 289 Å². The van der Waals surface area contributed by atoms with Crippen molar-refractivity contribution < 1.29 is 96.3 Å². The van der Waals surface area contributed by atoms with Crippen molar-refractivity contribution in [3.63, 3.8) is 0 Å². The van der Waals surface area contributed by atoms with Crippen LogP contribution in [0, 0.1) is 0 Å². The fourth-order valence-corrected chi connectivity index (χ4v) is 20.2. The van der Waals surface area contributed by atoms with E-state index >= 15 is 0 Å². The summed E-state index contributed by atoms with van der Waals surface area (Å²) in [7, 11) is -10.3. The van der Waals surface area contributed by atoms with Crippen molar-refractivity contribution in [2.75, 3.05) is 82.3 Å². The fourth-order valence-electron chi connectivity index (χ4n) is 9.15. The highest BCUT2D eigenvalue weighted by Crippen LogP contribution is 2.23. The zero-order valence-corrected chi connectivity index (χ0v) is 69.5. The van der Waals surface area contributed by atoms with Crippen molar-refractivity contribution in [3.05, 3.63) is 0 Å². The molecule has 9 N–H and O–H groups in total. The highest BCUT2D eigenvalue weighted by Gasteiger charge is 2.41. The molecule has 0 aromatic rings. The Bertz CT molecular complexity index is 1320. The van der Waals surface area contributed by atoms with Gasteiger partial charge in [-0.25, -0.2) is 0 Å². The zero-order valence-electron chi connectivity index (χ0n) is 62.5. The molecule has 0 aliphatic heterocycles. The van der Waals surface area contributed by atoms with Crippen molar-refractivity contribution in [3.8, 4) is 0 Å². The van der Waals surface area contributed by atoms with E-state index in [0.29, 0.717) is 46.1 Å². The van der Waals surface area contributed by atoms with Gasteiger partial charge in [-0.3, -0.25) is 0 Å². The first-order valence-electron chi connectivity index (χ1n) is 35.8. The monoisotopic (exact) mass is 1440 g/mol. The van der Waals surface area contributed by atoms with Crippen LogP contribution in [-0.2, 0) is 53.1 Å². The van der Waals surface area contributed by atoms with E-state index in [1.54, 1.807) is 49.6 Å². The van der Waals surface area contributed by atoms with Crippen LogP contribution >= 0.6 is 0 Å². The lowest BCUT2D eigenvalue weighted by atomic mass is 10.1. The molecular weight excluding hydrogens is 1290 g/mol. The van der Waals surface area contributed by atoms with E-state index in [-0.39, 0.29) is 18.1 Å². The summed E-state index contributed by atoms with van der Waals surface area (Å²) >= 11 is 0. The molecule has 0 aromatic heterocycles. The molecule has 0 rings (SSSR count). The molecule has 0 saturated carbocycles. The third kappa shape index (κ3) is 79.5. The van der Waals surface area contributed by atoms with Crippen LogP contribution in [0.4, 0.5) is 0 Å². The van der Waals surface area contributed by atoms with Crippen LogP contribution in [0.15, 0.2) is 0 Å². The molecular formula is C63H154O21Si7. The molecule has 0 heterocycles. The summed E-state index contributed by atoms with van der Waals surface area (Å²) in [5.41, 5.74) is 0. The van der Waals surface area contributed by atoms with E-state index in [2.05, 4.69) is 41.5 Å². The number of rotatable bonds is 56. The highest BCUT2D eigenvalue weighted by molar-refractivity contribution is 6.62. The van der Waals surface area contributed by atoms with Gasteiger partial charge in [-0.2, -0.15) is 0 Å². The summed E-state index contributed by atoms with van der Waals surface area (Å²) in [6, 6.07) is 4.31. The quantitative estimate of drug-likeness (QED) is 0.0202. The first-order chi connectivity index (χ1) is 43.2. The molecule has 0 fully saturated rings. The lowest BCUT2D eigenvalue weighted by molar-refractivity contribution is 0.0705. The maximum Gasteiger partial charge on any atom is 0.500 e. The average Bonchev–Trinajstić information content (AvgIpc) is 2.86. The maximum atomic E-state index is 8.67. The van der Waals surface area contributed by atoms with Gasteiger partial charge < -0.3 is 96.3 Å². The predicted molar refractivity (Wildman–Crippen MR) is 389 cm³/mol.